The van der Waals surface area contributed by atoms with Crippen molar-refractivity contribution in [1.82, 2.24) is 0 Å². The van der Waals surface area contributed by atoms with E-state index in [0.29, 0.717) is 12.2 Å². The molecule has 1 spiro atoms. The highest BCUT2D eigenvalue weighted by Crippen LogP contribution is 2.44. The van der Waals surface area contributed by atoms with Crippen LogP contribution >= 0.6 is 0 Å². The third kappa shape index (κ3) is 3.14. The Morgan fingerprint density at radius 3 is 2.81 bits per heavy atom. The van der Waals surface area contributed by atoms with Crippen molar-refractivity contribution in [2.45, 2.75) is 63.6 Å². The van der Waals surface area contributed by atoms with Gasteiger partial charge in [0.05, 0.1) is 11.7 Å². The first-order valence-corrected chi connectivity index (χ1v) is 8.18. The molecule has 1 aromatic rings. The van der Waals surface area contributed by atoms with Crippen LogP contribution in [0.25, 0.3) is 0 Å². The lowest BCUT2D eigenvalue weighted by atomic mass is 9.73. The summed E-state index contributed by atoms with van der Waals surface area (Å²) in [6.45, 7) is 2.62. The van der Waals surface area contributed by atoms with Gasteiger partial charge >= 0.3 is 0 Å². The molecule has 0 amide bonds. The predicted octanol–water partition coefficient (Wildman–Crippen LogP) is 4.30. The second kappa shape index (κ2) is 6.05. The molecule has 116 valence electrons. The minimum Gasteiger partial charge on any atom is -0.388 e. The van der Waals surface area contributed by atoms with Crippen molar-refractivity contribution in [2.24, 2.45) is 5.92 Å². The fourth-order valence-electron chi connectivity index (χ4n) is 4.02. The molecule has 1 heterocycles. The molecular weight excluding hydrogens is 267 g/mol. The van der Waals surface area contributed by atoms with Gasteiger partial charge in [-0.15, -0.1) is 0 Å². The normalized spacial score (nSPS) is 26.7. The van der Waals surface area contributed by atoms with Crippen molar-refractivity contribution in [1.29, 1.82) is 0 Å². The molecule has 2 unspecified atom stereocenters. The van der Waals surface area contributed by atoms with Crippen molar-refractivity contribution in [3.8, 4) is 0 Å². The van der Waals surface area contributed by atoms with Crippen LogP contribution in [0, 0.1) is 18.7 Å². The Morgan fingerprint density at radius 1 is 1.29 bits per heavy atom. The number of benzene rings is 1. The van der Waals surface area contributed by atoms with E-state index >= 15 is 0 Å². The number of aliphatic hydroxyl groups is 1. The highest BCUT2D eigenvalue weighted by Gasteiger charge is 2.41. The van der Waals surface area contributed by atoms with E-state index in [1.807, 2.05) is 6.92 Å². The SMILES string of the molecule is Cc1ccc(F)c(C(O)C2CCOC3(CCCCC3)C2)c1. The molecule has 2 fully saturated rings. The van der Waals surface area contributed by atoms with E-state index in [9.17, 15) is 9.50 Å². The maximum absolute atomic E-state index is 14.0. The number of aliphatic hydroxyl groups excluding tert-OH is 1. The molecule has 2 atom stereocenters. The monoisotopic (exact) mass is 292 g/mol. The van der Waals surface area contributed by atoms with Crippen molar-refractivity contribution in [2.75, 3.05) is 6.61 Å². The van der Waals surface area contributed by atoms with Gasteiger partial charge < -0.3 is 9.84 Å². The summed E-state index contributed by atoms with van der Waals surface area (Å²) >= 11 is 0. The van der Waals surface area contributed by atoms with Crippen molar-refractivity contribution < 1.29 is 14.2 Å². The predicted molar refractivity (Wildman–Crippen MR) is 80.6 cm³/mol. The Kier molecular flexibility index (Phi) is 4.32. The van der Waals surface area contributed by atoms with Crippen LogP contribution in [-0.2, 0) is 4.74 Å². The topological polar surface area (TPSA) is 29.5 Å². The molecule has 0 aromatic heterocycles. The molecule has 0 bridgehead atoms. The summed E-state index contributed by atoms with van der Waals surface area (Å²) in [4.78, 5) is 0. The molecule has 1 aromatic carbocycles. The van der Waals surface area contributed by atoms with Gasteiger partial charge in [0.2, 0.25) is 0 Å². The summed E-state index contributed by atoms with van der Waals surface area (Å²) in [5.41, 5.74) is 1.39. The molecule has 1 saturated heterocycles. The lowest BCUT2D eigenvalue weighted by Crippen LogP contribution is -2.42. The first-order chi connectivity index (χ1) is 10.1. The number of hydrogen-bond donors (Lipinski definition) is 1. The molecule has 1 N–H and O–H groups in total. The molecule has 2 aliphatic rings. The summed E-state index contributed by atoms with van der Waals surface area (Å²) in [5.74, 6) is -0.189. The van der Waals surface area contributed by atoms with E-state index < -0.39 is 6.10 Å². The molecule has 2 nitrogen and oxygen atoms in total. The molecule has 3 heteroatoms. The minimum atomic E-state index is -0.715. The first kappa shape index (κ1) is 15.0. The maximum atomic E-state index is 14.0. The van der Waals surface area contributed by atoms with Crippen LogP contribution in [-0.4, -0.2) is 17.3 Å². The summed E-state index contributed by atoms with van der Waals surface area (Å²) < 4.78 is 20.1. The third-order valence-electron chi connectivity index (χ3n) is 5.21. The molecule has 3 rings (SSSR count). The highest BCUT2D eigenvalue weighted by atomic mass is 19.1. The maximum Gasteiger partial charge on any atom is 0.129 e. The van der Waals surface area contributed by atoms with Crippen molar-refractivity contribution in [3.63, 3.8) is 0 Å². The Hall–Kier alpha value is -0.930. The van der Waals surface area contributed by atoms with Gasteiger partial charge in [-0.3, -0.25) is 0 Å². The zero-order chi connectivity index (χ0) is 14.9. The number of halogens is 1. The number of hydrogen-bond acceptors (Lipinski definition) is 2. The average molecular weight is 292 g/mol. The summed E-state index contributed by atoms with van der Waals surface area (Å²) in [5, 5.41) is 10.7. The summed E-state index contributed by atoms with van der Waals surface area (Å²) in [7, 11) is 0. The molecule has 21 heavy (non-hydrogen) atoms. The molecule has 1 aliphatic heterocycles. The largest absolute Gasteiger partial charge is 0.388 e. The van der Waals surface area contributed by atoms with Gasteiger partial charge in [-0.2, -0.15) is 0 Å². The number of ether oxygens (including phenoxy) is 1. The minimum absolute atomic E-state index is 0.0531. The van der Waals surface area contributed by atoms with Crippen molar-refractivity contribution in [3.05, 3.63) is 35.1 Å². The van der Waals surface area contributed by atoms with E-state index in [1.165, 1.54) is 25.3 Å². The molecular formula is C18H25FO2. The van der Waals surface area contributed by atoms with Crippen LogP contribution in [0.4, 0.5) is 4.39 Å². The van der Waals surface area contributed by atoms with Gasteiger partial charge in [0, 0.05) is 12.2 Å². The Bertz CT molecular complexity index is 488. The zero-order valence-electron chi connectivity index (χ0n) is 12.8. The van der Waals surface area contributed by atoms with Crippen LogP contribution in [0.5, 0.6) is 0 Å². The number of aryl methyl sites for hydroxylation is 1. The second-order valence-corrected chi connectivity index (χ2v) is 6.81. The van der Waals surface area contributed by atoms with Gasteiger partial charge in [-0.1, -0.05) is 37.0 Å². The van der Waals surface area contributed by atoms with Gasteiger partial charge in [0.15, 0.2) is 0 Å². The van der Waals surface area contributed by atoms with E-state index in [-0.39, 0.29) is 17.3 Å². The van der Waals surface area contributed by atoms with E-state index in [1.54, 1.807) is 12.1 Å². The molecule has 1 aliphatic carbocycles. The Balaban J connectivity index is 1.77. The number of rotatable bonds is 2. The van der Waals surface area contributed by atoms with Crippen LogP contribution < -0.4 is 0 Å². The summed E-state index contributed by atoms with van der Waals surface area (Å²) in [6.07, 6.45) is 6.85. The lowest BCUT2D eigenvalue weighted by Gasteiger charge is -2.44. The van der Waals surface area contributed by atoms with Crippen LogP contribution in [0.3, 0.4) is 0 Å². The van der Waals surface area contributed by atoms with Crippen LogP contribution in [0.15, 0.2) is 18.2 Å². The first-order valence-electron chi connectivity index (χ1n) is 8.18. The zero-order valence-corrected chi connectivity index (χ0v) is 12.8. The van der Waals surface area contributed by atoms with Crippen LogP contribution in [0.1, 0.15) is 62.2 Å². The molecule has 1 saturated carbocycles. The van der Waals surface area contributed by atoms with Gasteiger partial charge in [0.1, 0.15) is 5.82 Å². The highest BCUT2D eigenvalue weighted by molar-refractivity contribution is 5.26. The summed E-state index contributed by atoms with van der Waals surface area (Å²) in [6, 6.07) is 4.99. The van der Waals surface area contributed by atoms with E-state index in [2.05, 4.69) is 0 Å². The second-order valence-electron chi connectivity index (χ2n) is 6.81. The van der Waals surface area contributed by atoms with Crippen LogP contribution in [0.2, 0.25) is 0 Å². The van der Waals surface area contributed by atoms with E-state index in [4.69, 9.17) is 4.74 Å². The fourth-order valence-corrected chi connectivity index (χ4v) is 4.02. The average Bonchev–Trinajstić information content (AvgIpc) is 2.50. The van der Waals surface area contributed by atoms with Gasteiger partial charge in [0.25, 0.3) is 0 Å². The lowest BCUT2D eigenvalue weighted by molar-refractivity contribution is -0.134. The van der Waals surface area contributed by atoms with Crippen molar-refractivity contribution >= 4 is 0 Å². The standard InChI is InChI=1S/C18H25FO2/c1-13-5-6-16(19)15(11-13)17(20)14-7-10-21-18(12-14)8-3-2-4-9-18/h5-6,11,14,17,20H,2-4,7-10,12H2,1H3. The van der Waals surface area contributed by atoms with E-state index in [0.717, 1.165) is 31.2 Å². The Labute approximate surface area is 126 Å². The van der Waals surface area contributed by atoms with Gasteiger partial charge in [-0.25, -0.2) is 4.39 Å². The fraction of sp³-hybridized carbons (Fsp3) is 0.667. The third-order valence-corrected chi connectivity index (χ3v) is 5.21. The Morgan fingerprint density at radius 2 is 2.05 bits per heavy atom. The van der Waals surface area contributed by atoms with Gasteiger partial charge in [-0.05, 0) is 44.6 Å². The molecule has 0 radical (unpaired) electrons. The smallest absolute Gasteiger partial charge is 0.129 e. The quantitative estimate of drug-likeness (QED) is 0.880.